The van der Waals surface area contributed by atoms with E-state index in [1.165, 1.54) is 80.6 Å². The van der Waals surface area contributed by atoms with E-state index in [9.17, 15) is 46.6 Å². The van der Waals surface area contributed by atoms with Crippen molar-refractivity contribution in [2.45, 2.75) is 43.0 Å². The smallest absolute Gasteiger partial charge is 0.860 e. The number of nitrogens with zero attached hydrogens (tertiary/aromatic N) is 2. The molecule has 4 amide bonds. The van der Waals surface area contributed by atoms with Gasteiger partial charge in [-0.3, -0.25) is 37.3 Å². The minimum absolute atomic E-state index is 0. The van der Waals surface area contributed by atoms with Gasteiger partial charge in [-0.2, -0.15) is 0 Å². The van der Waals surface area contributed by atoms with Crippen molar-refractivity contribution >= 4 is 51.9 Å². The predicted octanol–water partition coefficient (Wildman–Crippen LogP) is -8.59. The van der Waals surface area contributed by atoms with Crippen LogP contribution in [0.4, 0.5) is 0 Å². The zero-order valence-electron chi connectivity index (χ0n) is 29.1. The molecule has 19 heteroatoms. The van der Waals surface area contributed by atoms with Crippen LogP contribution in [0.5, 0.6) is 5.88 Å². The van der Waals surface area contributed by atoms with Gasteiger partial charge in [-0.05, 0) is 113 Å². The summed E-state index contributed by atoms with van der Waals surface area (Å²) in [5.41, 5.74) is 10.3. The number of hydrogen-bond donors (Lipinski definition) is 2. The topological polar surface area (TPSA) is 249 Å². The fourth-order valence-electron chi connectivity index (χ4n) is 5.29. The molecule has 2 heterocycles. The van der Waals surface area contributed by atoms with Crippen LogP contribution in [-0.2, 0) is 55.9 Å². The first-order valence-corrected chi connectivity index (χ1v) is 16.6. The molecule has 0 saturated heterocycles. The average molecular weight is 823 g/mol. The van der Waals surface area contributed by atoms with Crippen LogP contribution < -0.4 is 176 Å². The van der Waals surface area contributed by atoms with Gasteiger partial charge >= 0.3 is 154 Å². The third-order valence-corrected chi connectivity index (χ3v) is 9.24. The summed E-state index contributed by atoms with van der Waals surface area (Å²) in [6.07, 6.45) is 4.08. The maximum atomic E-state index is 13.5. The second-order valence-electron chi connectivity index (χ2n) is 10.9. The number of benzene rings is 2. The first-order chi connectivity index (χ1) is 23.1. The number of rotatable bonds is 12. The molecule has 14 nitrogen and oxygen atoms in total. The van der Waals surface area contributed by atoms with Gasteiger partial charge in [0.1, 0.15) is 11.1 Å². The normalized spacial score (nSPS) is 14.8. The Morgan fingerprint density at radius 1 is 0.769 bits per heavy atom. The second-order valence-corrected chi connectivity index (χ2v) is 12.7. The second kappa shape index (κ2) is 22.4. The number of pyridine rings is 1. The van der Waals surface area contributed by atoms with Gasteiger partial charge in [-0.15, -0.1) is 0 Å². The Balaban J connectivity index is 0.00000451. The van der Waals surface area contributed by atoms with E-state index in [4.69, 9.17) is 11.5 Å². The molecular weight excluding hydrogens is 794 g/mol. The molecule has 2 unspecified atom stereocenters. The van der Waals surface area contributed by atoms with Crippen LogP contribution in [0.2, 0.25) is 0 Å². The van der Waals surface area contributed by atoms with E-state index < -0.39 is 68.4 Å². The van der Waals surface area contributed by atoms with Crippen LogP contribution in [-0.4, -0.2) is 57.2 Å². The SMILES string of the molecule is CC1=C(C(N)=O)C(=O)N(CCc2ccc(S(=O)[O-])cc2)C(=O)/C1=C\C=Cc1c(C)c(C(N)=O)c(=O)n(CCc2ccc(S(=O)[O-])cc2)c1[O-].[K+].[K+].[K+]. The van der Waals surface area contributed by atoms with Gasteiger partial charge < -0.3 is 30.2 Å². The number of allylic oxidation sites excluding steroid dienone is 2. The van der Waals surface area contributed by atoms with Crippen LogP contribution in [0.15, 0.2) is 92.0 Å². The summed E-state index contributed by atoms with van der Waals surface area (Å²) in [4.78, 5) is 65.3. The Morgan fingerprint density at radius 2 is 1.25 bits per heavy atom. The first-order valence-electron chi connectivity index (χ1n) is 14.5. The van der Waals surface area contributed by atoms with E-state index in [1.807, 2.05) is 0 Å². The summed E-state index contributed by atoms with van der Waals surface area (Å²) in [5, 5.41) is 13.5. The van der Waals surface area contributed by atoms with E-state index in [1.54, 1.807) is 0 Å². The third kappa shape index (κ3) is 11.8. The standard InChI is InChI=1S/C33H32N4O10S2.3K/c1-18-24(30(40)36(32(42)26(18)28(34)38)16-14-20-6-10-22(11-7-20)48(44)45)4-3-5-25-19(2)27(29(35)39)33(43)37(31(25)41)17-15-21-8-12-23(13-9-21)49(46)47;;;/h3-13,40H,14-17H2,1-2H3,(H2,34,38)(H2,35,39)(H,44,45)(H,46,47);;;/q;3*+1/p-3/b4-3?,25-5-;;;. The van der Waals surface area contributed by atoms with E-state index in [2.05, 4.69) is 0 Å². The molecule has 1 aromatic heterocycles. The summed E-state index contributed by atoms with van der Waals surface area (Å²) in [6.45, 7) is 2.39. The Labute approximate surface area is 431 Å². The number of carbonyl (C=O) groups is 4. The summed E-state index contributed by atoms with van der Waals surface area (Å²) in [5.74, 6) is -4.56. The number of aryl methyl sites for hydroxylation is 1. The van der Waals surface area contributed by atoms with Crippen molar-refractivity contribution in [1.29, 1.82) is 0 Å². The number of carbonyl (C=O) groups excluding carboxylic acids is 4. The molecule has 1 aliphatic heterocycles. The van der Waals surface area contributed by atoms with Crippen LogP contribution in [0, 0.1) is 6.92 Å². The zero-order chi connectivity index (χ0) is 36.2. The van der Waals surface area contributed by atoms with Gasteiger partial charge in [-0.1, -0.05) is 36.4 Å². The van der Waals surface area contributed by atoms with Crippen molar-refractivity contribution in [1.82, 2.24) is 9.47 Å². The molecule has 52 heavy (non-hydrogen) atoms. The van der Waals surface area contributed by atoms with E-state index >= 15 is 0 Å². The van der Waals surface area contributed by atoms with Crippen LogP contribution in [0.3, 0.4) is 0 Å². The number of aromatic nitrogens is 1. The monoisotopic (exact) mass is 822 g/mol. The van der Waals surface area contributed by atoms with Crippen molar-refractivity contribution < 1.29 is 196 Å². The van der Waals surface area contributed by atoms with Crippen molar-refractivity contribution in [2.24, 2.45) is 11.5 Å². The number of hydrogen-bond acceptors (Lipinski definition) is 10. The third-order valence-electron chi connectivity index (χ3n) is 7.93. The molecule has 2 atom stereocenters. The maximum absolute atomic E-state index is 13.5. The molecule has 0 radical (unpaired) electrons. The fraction of sp³-hybridized carbons (Fsp3) is 0.182. The summed E-state index contributed by atoms with van der Waals surface area (Å²) < 4.78 is 45.4. The molecule has 0 bridgehead atoms. The Kier molecular flexibility index (Phi) is 21.4. The molecule has 256 valence electrons. The number of imide groups is 1. The van der Waals surface area contributed by atoms with E-state index in [0.717, 1.165) is 9.47 Å². The Hall–Kier alpha value is -0.381. The molecular formula is C33H29K3N4O10S2. The molecule has 0 fully saturated rings. The fourth-order valence-corrected chi connectivity index (χ4v) is 6.01. The number of amides is 4. The predicted molar refractivity (Wildman–Crippen MR) is 174 cm³/mol. The van der Waals surface area contributed by atoms with Crippen molar-refractivity contribution in [3.05, 3.63) is 116 Å². The molecule has 0 aliphatic carbocycles. The average Bonchev–Trinajstić information content (AvgIpc) is 3.03. The quantitative estimate of drug-likeness (QED) is 0.0574. The van der Waals surface area contributed by atoms with Crippen molar-refractivity contribution in [3.63, 3.8) is 0 Å². The zero-order valence-corrected chi connectivity index (χ0v) is 40.1. The van der Waals surface area contributed by atoms with Gasteiger partial charge in [0.2, 0.25) is 0 Å². The Morgan fingerprint density at radius 3 is 1.69 bits per heavy atom. The minimum atomic E-state index is -2.43. The molecule has 4 rings (SSSR count). The van der Waals surface area contributed by atoms with E-state index in [0.29, 0.717) is 11.1 Å². The van der Waals surface area contributed by atoms with Crippen LogP contribution in [0.1, 0.15) is 39.5 Å². The molecule has 3 aromatic rings. The van der Waals surface area contributed by atoms with E-state index in [-0.39, 0.29) is 212 Å². The minimum Gasteiger partial charge on any atom is -0.860 e. The Bertz CT molecular complexity index is 2080. The molecule has 0 saturated carbocycles. The van der Waals surface area contributed by atoms with Crippen LogP contribution in [0.25, 0.3) is 6.08 Å². The number of nitrogens with two attached hydrogens (primary N) is 2. The number of primary amides is 2. The largest absolute Gasteiger partial charge is 1.00 e. The maximum Gasteiger partial charge on any atom is 1.00 e. The van der Waals surface area contributed by atoms with Crippen molar-refractivity contribution in [3.8, 4) is 5.88 Å². The van der Waals surface area contributed by atoms with Gasteiger partial charge in [0.25, 0.3) is 29.2 Å². The molecule has 2 aromatic carbocycles. The molecule has 4 N–H and O–H groups in total. The molecule has 0 spiro atoms. The first kappa shape index (κ1) is 49.6. The van der Waals surface area contributed by atoms with Gasteiger partial charge in [0.05, 0.1) is 0 Å². The van der Waals surface area contributed by atoms with Crippen LogP contribution >= 0.6 is 0 Å². The van der Waals surface area contributed by atoms with Crippen molar-refractivity contribution in [2.75, 3.05) is 6.54 Å². The molecule has 1 aliphatic rings. The van der Waals surface area contributed by atoms with Gasteiger partial charge in [-0.25, -0.2) is 0 Å². The summed E-state index contributed by atoms with van der Waals surface area (Å²) in [6, 6.07) is 11.6. The van der Waals surface area contributed by atoms with Gasteiger partial charge in [0.15, 0.2) is 0 Å². The summed E-state index contributed by atoms with van der Waals surface area (Å²) >= 11 is -4.86. The summed E-state index contributed by atoms with van der Waals surface area (Å²) in [7, 11) is 0. The van der Waals surface area contributed by atoms with Gasteiger partial charge in [0, 0.05) is 28.5 Å².